The molecule has 0 amide bonds. The van der Waals surface area contributed by atoms with Gasteiger partial charge in [0, 0.05) is 22.9 Å². The molecule has 172 valence electrons. The van der Waals surface area contributed by atoms with Gasteiger partial charge in [-0.1, -0.05) is 32.4 Å². The third-order valence-corrected chi connectivity index (χ3v) is 5.89. The molecule has 1 aliphatic carbocycles. The topological polar surface area (TPSA) is 81.7 Å². The number of benzene rings is 1. The van der Waals surface area contributed by atoms with Crippen molar-refractivity contribution in [1.29, 1.82) is 0 Å². The second kappa shape index (κ2) is 10.1. The van der Waals surface area contributed by atoms with Crippen molar-refractivity contribution in [3.63, 3.8) is 0 Å². The lowest BCUT2D eigenvalue weighted by molar-refractivity contribution is -0.153. The molecule has 0 spiro atoms. The second-order valence-corrected chi connectivity index (χ2v) is 8.14. The number of allylic oxidation sites excluding steroid dienone is 3. The molecular formula is C25H30FNO5. The summed E-state index contributed by atoms with van der Waals surface area (Å²) < 4.78 is 24.7. The van der Waals surface area contributed by atoms with Gasteiger partial charge in [0.25, 0.3) is 0 Å². The third kappa shape index (κ3) is 4.47. The highest BCUT2D eigenvalue weighted by molar-refractivity contribution is 6.12. The van der Waals surface area contributed by atoms with E-state index < -0.39 is 35.4 Å². The van der Waals surface area contributed by atoms with Crippen LogP contribution >= 0.6 is 0 Å². The molecule has 0 radical (unpaired) electrons. The highest BCUT2D eigenvalue weighted by atomic mass is 19.1. The molecule has 0 aromatic heterocycles. The molecule has 6 nitrogen and oxygen atoms in total. The highest BCUT2D eigenvalue weighted by Crippen LogP contribution is 2.46. The van der Waals surface area contributed by atoms with Crippen molar-refractivity contribution in [3.05, 3.63) is 58.2 Å². The van der Waals surface area contributed by atoms with Crippen LogP contribution in [0.5, 0.6) is 0 Å². The first-order chi connectivity index (χ1) is 15.3. The third-order valence-electron chi connectivity index (χ3n) is 5.89. The average molecular weight is 444 g/mol. The molecule has 0 saturated heterocycles. The van der Waals surface area contributed by atoms with Crippen molar-refractivity contribution < 1.29 is 28.2 Å². The monoisotopic (exact) mass is 443 g/mol. The van der Waals surface area contributed by atoms with Crippen LogP contribution in [-0.2, 0) is 23.9 Å². The summed E-state index contributed by atoms with van der Waals surface area (Å²) in [6.07, 6.45) is 1.78. The zero-order valence-electron chi connectivity index (χ0n) is 19.0. The van der Waals surface area contributed by atoms with Gasteiger partial charge in [0.1, 0.15) is 11.7 Å². The number of esters is 2. The molecule has 1 N–H and O–H groups in total. The summed E-state index contributed by atoms with van der Waals surface area (Å²) in [4.78, 5) is 39.4. The maximum Gasteiger partial charge on any atom is 0.336 e. The van der Waals surface area contributed by atoms with Gasteiger partial charge in [-0.3, -0.25) is 9.59 Å². The van der Waals surface area contributed by atoms with Gasteiger partial charge in [0.15, 0.2) is 5.78 Å². The summed E-state index contributed by atoms with van der Waals surface area (Å²) in [7, 11) is 0. The minimum atomic E-state index is -0.970. The van der Waals surface area contributed by atoms with E-state index in [-0.39, 0.29) is 19.1 Å². The van der Waals surface area contributed by atoms with Crippen molar-refractivity contribution in [2.75, 3.05) is 13.2 Å². The summed E-state index contributed by atoms with van der Waals surface area (Å²) in [5.41, 5.74) is 2.43. The molecule has 0 fully saturated rings. The number of rotatable bonds is 7. The van der Waals surface area contributed by atoms with Gasteiger partial charge in [-0.05, 0) is 50.3 Å². The summed E-state index contributed by atoms with van der Waals surface area (Å²) in [6.45, 7) is 7.56. The number of halogens is 1. The number of dihydropyridines is 1. The van der Waals surface area contributed by atoms with Crippen LogP contribution in [0.25, 0.3) is 0 Å². The Kier molecular flexibility index (Phi) is 7.48. The van der Waals surface area contributed by atoms with E-state index >= 15 is 0 Å². The minimum Gasteiger partial charge on any atom is -0.465 e. The first-order valence-corrected chi connectivity index (χ1v) is 11.2. The second-order valence-electron chi connectivity index (χ2n) is 8.14. The lowest BCUT2D eigenvalue weighted by Crippen LogP contribution is -2.43. The van der Waals surface area contributed by atoms with Crippen molar-refractivity contribution in [1.82, 2.24) is 5.32 Å². The number of nitrogens with one attached hydrogen (secondary N) is 1. The molecule has 0 saturated carbocycles. The van der Waals surface area contributed by atoms with E-state index in [1.54, 1.807) is 26.0 Å². The SMILES string of the molecule is CCCC1=C(C(=O)OCC)[C@@H](c2cccc(F)c2)C2=C(C[C@@H](C)[C@H](C(=O)OCC)C2=O)N1. The summed E-state index contributed by atoms with van der Waals surface area (Å²) >= 11 is 0. The Morgan fingerprint density at radius 3 is 2.50 bits per heavy atom. The van der Waals surface area contributed by atoms with E-state index in [9.17, 15) is 18.8 Å². The van der Waals surface area contributed by atoms with Crippen LogP contribution in [0, 0.1) is 17.7 Å². The molecule has 1 aromatic carbocycles. The Morgan fingerprint density at radius 2 is 1.88 bits per heavy atom. The van der Waals surface area contributed by atoms with Crippen LogP contribution in [0.1, 0.15) is 58.4 Å². The number of Topliss-reactive ketones (excluding diaryl/α,β-unsaturated/α-hetero) is 1. The van der Waals surface area contributed by atoms with Gasteiger partial charge in [-0.25, -0.2) is 9.18 Å². The fraction of sp³-hybridized carbons (Fsp3) is 0.480. The molecular weight excluding hydrogens is 413 g/mol. The molecule has 32 heavy (non-hydrogen) atoms. The fourth-order valence-electron chi connectivity index (χ4n) is 4.62. The van der Waals surface area contributed by atoms with E-state index in [1.807, 2.05) is 13.8 Å². The Labute approximate surface area is 187 Å². The molecule has 0 unspecified atom stereocenters. The van der Waals surface area contributed by atoms with Crippen molar-refractivity contribution >= 4 is 17.7 Å². The van der Waals surface area contributed by atoms with Gasteiger partial charge in [-0.2, -0.15) is 0 Å². The van der Waals surface area contributed by atoms with Crippen LogP contribution in [0.2, 0.25) is 0 Å². The van der Waals surface area contributed by atoms with E-state index in [1.165, 1.54) is 12.1 Å². The minimum absolute atomic E-state index is 0.167. The fourth-order valence-corrected chi connectivity index (χ4v) is 4.62. The Hall–Kier alpha value is -2.96. The Balaban J connectivity index is 2.21. The smallest absolute Gasteiger partial charge is 0.336 e. The lowest BCUT2D eigenvalue weighted by Gasteiger charge is -2.39. The molecule has 3 rings (SSSR count). The molecule has 7 heteroatoms. The van der Waals surface area contributed by atoms with Gasteiger partial charge in [0.2, 0.25) is 0 Å². The molecule has 3 atom stereocenters. The first-order valence-electron chi connectivity index (χ1n) is 11.2. The zero-order chi connectivity index (χ0) is 23.4. The largest absolute Gasteiger partial charge is 0.465 e. The zero-order valence-corrected chi connectivity index (χ0v) is 19.0. The predicted molar refractivity (Wildman–Crippen MR) is 117 cm³/mol. The standard InChI is InChI=1S/C25H30FNO5/c1-5-9-17-22(25(30)32-7-3)20(15-10-8-11-16(26)13-15)21-18(27-17)12-14(4)19(23(21)28)24(29)31-6-2/h8,10-11,13-14,19-20,27H,5-7,9,12H2,1-4H3/t14-,19+,20+/m1/s1. The van der Waals surface area contributed by atoms with E-state index in [4.69, 9.17) is 9.47 Å². The van der Waals surface area contributed by atoms with Gasteiger partial charge in [0.05, 0.1) is 18.8 Å². The van der Waals surface area contributed by atoms with Crippen LogP contribution in [0.3, 0.4) is 0 Å². The van der Waals surface area contributed by atoms with Gasteiger partial charge < -0.3 is 14.8 Å². The summed E-state index contributed by atoms with van der Waals surface area (Å²) in [6, 6.07) is 5.88. The summed E-state index contributed by atoms with van der Waals surface area (Å²) in [5, 5.41) is 3.30. The number of carbonyl (C=O) groups excluding carboxylic acids is 3. The molecule has 1 aromatic rings. The maximum absolute atomic E-state index is 14.2. The lowest BCUT2D eigenvalue weighted by atomic mass is 9.69. The normalized spacial score (nSPS) is 22.9. The molecule has 1 heterocycles. The predicted octanol–water partition coefficient (Wildman–Crippen LogP) is 4.17. The van der Waals surface area contributed by atoms with Crippen LogP contribution in [0.4, 0.5) is 4.39 Å². The van der Waals surface area contributed by atoms with Crippen molar-refractivity contribution in [2.45, 2.75) is 52.9 Å². The Bertz CT molecular complexity index is 980. The quantitative estimate of drug-likeness (QED) is 0.503. The number of hydrogen-bond acceptors (Lipinski definition) is 6. The number of ketones is 1. The molecule has 0 bridgehead atoms. The van der Waals surface area contributed by atoms with Crippen LogP contribution < -0.4 is 5.32 Å². The number of ether oxygens (including phenoxy) is 2. The summed E-state index contributed by atoms with van der Waals surface area (Å²) in [5.74, 6) is -4.05. The van der Waals surface area contributed by atoms with Crippen LogP contribution in [0.15, 0.2) is 46.8 Å². The first kappa shape index (κ1) is 23.7. The van der Waals surface area contributed by atoms with E-state index in [0.717, 1.165) is 6.42 Å². The Morgan fingerprint density at radius 1 is 1.16 bits per heavy atom. The van der Waals surface area contributed by atoms with Crippen molar-refractivity contribution in [3.8, 4) is 0 Å². The highest BCUT2D eigenvalue weighted by Gasteiger charge is 2.47. The molecule has 2 aliphatic rings. The van der Waals surface area contributed by atoms with Gasteiger partial charge >= 0.3 is 11.9 Å². The maximum atomic E-state index is 14.2. The van der Waals surface area contributed by atoms with Crippen LogP contribution in [-0.4, -0.2) is 30.9 Å². The van der Waals surface area contributed by atoms with E-state index in [0.29, 0.717) is 40.9 Å². The number of hydrogen-bond donors (Lipinski definition) is 1. The van der Waals surface area contributed by atoms with Gasteiger partial charge in [-0.15, -0.1) is 0 Å². The number of carbonyl (C=O) groups is 3. The average Bonchev–Trinajstić information content (AvgIpc) is 2.73. The van der Waals surface area contributed by atoms with E-state index in [2.05, 4.69) is 5.32 Å². The molecule has 1 aliphatic heterocycles. The van der Waals surface area contributed by atoms with Crippen molar-refractivity contribution in [2.24, 2.45) is 11.8 Å².